The molecule has 0 aromatic carbocycles. The summed E-state index contributed by atoms with van der Waals surface area (Å²) in [4.78, 5) is 22.6. The van der Waals surface area contributed by atoms with E-state index in [4.69, 9.17) is 4.74 Å². The number of carbonyl (C=O) groups excluding carboxylic acids is 2. The quantitative estimate of drug-likeness (QED) is 0.793. The van der Waals surface area contributed by atoms with E-state index >= 15 is 0 Å². The van der Waals surface area contributed by atoms with Gasteiger partial charge in [-0.2, -0.15) is 0 Å². The van der Waals surface area contributed by atoms with Gasteiger partial charge in [-0.25, -0.2) is 4.79 Å². The van der Waals surface area contributed by atoms with Crippen LogP contribution in [0.1, 0.15) is 41.5 Å². The van der Waals surface area contributed by atoms with E-state index in [9.17, 15) is 9.59 Å². The first-order chi connectivity index (χ1) is 7.49. The maximum Gasteiger partial charge on any atom is 0.408 e. The van der Waals surface area contributed by atoms with E-state index in [2.05, 4.69) is 10.6 Å². The van der Waals surface area contributed by atoms with Crippen molar-refractivity contribution in [1.29, 1.82) is 0 Å². The number of nitrogens with one attached hydrogen (secondary N) is 2. The molecule has 0 radical (unpaired) electrons. The summed E-state index contributed by atoms with van der Waals surface area (Å²) in [5.74, 6) is -0.217. The molecule has 0 aliphatic carbocycles. The molecule has 0 bridgehead atoms. The Balaban J connectivity index is 3.82. The minimum Gasteiger partial charge on any atom is -0.444 e. The van der Waals surface area contributed by atoms with Gasteiger partial charge in [-0.1, -0.05) is 20.8 Å². The van der Waals surface area contributed by atoms with E-state index in [1.54, 1.807) is 20.8 Å². The fourth-order valence-electron chi connectivity index (χ4n) is 0.893. The van der Waals surface area contributed by atoms with Crippen molar-refractivity contribution in [3.63, 3.8) is 0 Å². The van der Waals surface area contributed by atoms with Crippen LogP contribution in [0.5, 0.6) is 0 Å². The lowest BCUT2D eigenvalue weighted by atomic mass is 9.97. The first-order valence-corrected chi connectivity index (χ1v) is 5.73. The molecular weight excluding hydrogens is 220 g/mol. The highest BCUT2D eigenvalue weighted by atomic mass is 16.6. The summed E-state index contributed by atoms with van der Waals surface area (Å²) < 4.78 is 5.00. The lowest BCUT2D eigenvalue weighted by Crippen LogP contribution is -2.41. The second-order valence-corrected chi connectivity index (χ2v) is 6.19. The third-order valence-electron chi connectivity index (χ3n) is 1.61. The van der Waals surface area contributed by atoms with E-state index in [0.29, 0.717) is 6.54 Å². The molecule has 0 saturated heterocycles. The zero-order chi connectivity index (χ0) is 13.7. The van der Waals surface area contributed by atoms with E-state index in [1.807, 2.05) is 20.8 Å². The SMILES string of the molecule is CC(C)(C)CNC(=O)CNC(=O)OC(C)(C)C. The molecule has 100 valence electrons. The highest BCUT2D eigenvalue weighted by Crippen LogP contribution is 2.10. The predicted molar refractivity (Wildman–Crippen MR) is 66.7 cm³/mol. The van der Waals surface area contributed by atoms with Crippen molar-refractivity contribution in [2.75, 3.05) is 13.1 Å². The summed E-state index contributed by atoms with van der Waals surface area (Å²) >= 11 is 0. The van der Waals surface area contributed by atoms with Gasteiger partial charge in [0, 0.05) is 6.54 Å². The standard InChI is InChI=1S/C12H24N2O3/c1-11(2,3)8-14-9(15)7-13-10(16)17-12(4,5)6/h7-8H2,1-6H3,(H,13,16)(H,14,15). The maximum absolute atomic E-state index is 11.4. The minimum atomic E-state index is -0.580. The smallest absolute Gasteiger partial charge is 0.408 e. The molecule has 5 heteroatoms. The number of carbonyl (C=O) groups is 2. The Morgan fingerprint density at radius 2 is 1.53 bits per heavy atom. The second kappa shape index (κ2) is 5.89. The van der Waals surface area contributed by atoms with Crippen molar-refractivity contribution < 1.29 is 14.3 Å². The number of ether oxygens (including phenoxy) is 1. The van der Waals surface area contributed by atoms with Gasteiger partial charge in [0.2, 0.25) is 5.91 Å². The molecule has 0 aromatic rings. The molecule has 2 amide bonds. The van der Waals surface area contributed by atoms with Crippen LogP contribution in [-0.2, 0) is 9.53 Å². The van der Waals surface area contributed by atoms with Crippen LogP contribution >= 0.6 is 0 Å². The van der Waals surface area contributed by atoms with Crippen LogP contribution in [0.2, 0.25) is 0 Å². The number of alkyl carbamates (subject to hydrolysis) is 1. The molecule has 0 unspecified atom stereocenters. The van der Waals surface area contributed by atoms with E-state index in [1.165, 1.54) is 0 Å². The van der Waals surface area contributed by atoms with Crippen LogP contribution in [0.15, 0.2) is 0 Å². The fraction of sp³-hybridized carbons (Fsp3) is 0.833. The van der Waals surface area contributed by atoms with Gasteiger partial charge in [-0.3, -0.25) is 4.79 Å². The fourth-order valence-corrected chi connectivity index (χ4v) is 0.893. The van der Waals surface area contributed by atoms with Gasteiger partial charge in [-0.15, -0.1) is 0 Å². The Morgan fingerprint density at radius 3 is 1.94 bits per heavy atom. The first-order valence-electron chi connectivity index (χ1n) is 5.73. The lowest BCUT2D eigenvalue weighted by molar-refractivity contribution is -0.120. The van der Waals surface area contributed by atoms with Crippen LogP contribution in [0.4, 0.5) is 4.79 Å². The molecule has 0 saturated carbocycles. The Kier molecular flexibility index (Phi) is 5.45. The summed E-state index contributed by atoms with van der Waals surface area (Å²) in [6, 6.07) is 0. The lowest BCUT2D eigenvalue weighted by Gasteiger charge is -2.20. The molecular formula is C12H24N2O3. The molecule has 0 aliphatic rings. The van der Waals surface area contributed by atoms with Gasteiger partial charge >= 0.3 is 6.09 Å². The van der Waals surface area contributed by atoms with E-state index in [-0.39, 0.29) is 17.9 Å². The first kappa shape index (κ1) is 15.7. The monoisotopic (exact) mass is 244 g/mol. The van der Waals surface area contributed by atoms with Crippen molar-refractivity contribution in [3.8, 4) is 0 Å². The normalized spacial score (nSPS) is 11.9. The number of amides is 2. The molecule has 2 N–H and O–H groups in total. The third kappa shape index (κ3) is 11.0. The van der Waals surface area contributed by atoms with Gasteiger partial charge in [-0.05, 0) is 26.2 Å². The largest absolute Gasteiger partial charge is 0.444 e. The second-order valence-electron chi connectivity index (χ2n) is 6.19. The van der Waals surface area contributed by atoms with Crippen LogP contribution in [0, 0.1) is 5.41 Å². The molecule has 0 heterocycles. The Labute approximate surface area is 103 Å². The predicted octanol–water partition coefficient (Wildman–Crippen LogP) is 1.67. The van der Waals surface area contributed by atoms with Crippen molar-refractivity contribution >= 4 is 12.0 Å². The molecule has 5 nitrogen and oxygen atoms in total. The summed E-state index contributed by atoms with van der Waals surface area (Å²) in [5.41, 5.74) is -0.520. The molecule has 0 aromatic heterocycles. The number of rotatable bonds is 3. The van der Waals surface area contributed by atoms with Crippen LogP contribution in [0.3, 0.4) is 0 Å². The van der Waals surface area contributed by atoms with Crippen LogP contribution in [-0.4, -0.2) is 30.7 Å². The zero-order valence-electron chi connectivity index (χ0n) is 11.6. The van der Waals surface area contributed by atoms with Crippen molar-refractivity contribution in [2.45, 2.75) is 47.1 Å². The zero-order valence-corrected chi connectivity index (χ0v) is 11.6. The number of hydrogen-bond donors (Lipinski definition) is 2. The maximum atomic E-state index is 11.4. The molecule has 17 heavy (non-hydrogen) atoms. The Hall–Kier alpha value is -1.26. The van der Waals surface area contributed by atoms with E-state index < -0.39 is 11.7 Å². The van der Waals surface area contributed by atoms with Gasteiger partial charge in [0.15, 0.2) is 0 Å². The molecule has 0 spiro atoms. The third-order valence-corrected chi connectivity index (χ3v) is 1.61. The summed E-state index contributed by atoms with van der Waals surface area (Å²) in [7, 11) is 0. The molecule has 0 fully saturated rings. The van der Waals surface area contributed by atoms with Crippen LogP contribution < -0.4 is 10.6 Å². The van der Waals surface area contributed by atoms with Crippen molar-refractivity contribution in [2.24, 2.45) is 5.41 Å². The summed E-state index contributed by atoms with van der Waals surface area (Å²) in [5, 5.41) is 5.13. The number of hydrogen-bond acceptors (Lipinski definition) is 3. The van der Waals surface area contributed by atoms with Crippen LogP contribution in [0.25, 0.3) is 0 Å². The highest BCUT2D eigenvalue weighted by molar-refractivity contribution is 5.82. The highest BCUT2D eigenvalue weighted by Gasteiger charge is 2.17. The van der Waals surface area contributed by atoms with Crippen molar-refractivity contribution in [3.05, 3.63) is 0 Å². The molecule has 0 aliphatic heterocycles. The Bertz CT molecular complexity index is 274. The summed E-state index contributed by atoms with van der Waals surface area (Å²) in [6.45, 7) is 11.9. The van der Waals surface area contributed by atoms with Gasteiger partial charge < -0.3 is 15.4 Å². The molecule has 0 atom stereocenters. The minimum absolute atomic E-state index is 0.0293. The molecule has 0 rings (SSSR count). The van der Waals surface area contributed by atoms with Crippen molar-refractivity contribution in [1.82, 2.24) is 10.6 Å². The van der Waals surface area contributed by atoms with Gasteiger partial charge in [0.25, 0.3) is 0 Å². The average Bonchev–Trinajstić information content (AvgIpc) is 2.07. The van der Waals surface area contributed by atoms with Gasteiger partial charge in [0.1, 0.15) is 5.60 Å². The van der Waals surface area contributed by atoms with E-state index in [0.717, 1.165) is 0 Å². The van der Waals surface area contributed by atoms with Gasteiger partial charge in [0.05, 0.1) is 6.54 Å². The topological polar surface area (TPSA) is 67.4 Å². The Morgan fingerprint density at radius 1 is 1.00 bits per heavy atom. The summed E-state index contributed by atoms with van der Waals surface area (Å²) in [6.07, 6.45) is -0.580. The average molecular weight is 244 g/mol.